The number of oxime groups is 1. The first-order chi connectivity index (χ1) is 4.86. The number of likely N-dealkylation sites (N-methyl/N-ethyl adjacent to an activating group) is 1. The van der Waals surface area contributed by atoms with E-state index in [0.717, 1.165) is 19.4 Å². The Morgan fingerprint density at radius 1 is 1.80 bits per heavy atom. The minimum absolute atomic E-state index is 0.278. The Kier molecular flexibility index (Phi) is 2.68. The van der Waals surface area contributed by atoms with E-state index < -0.39 is 0 Å². The molecule has 0 radical (unpaired) electrons. The molecule has 0 saturated carbocycles. The van der Waals surface area contributed by atoms with Crippen LogP contribution >= 0.6 is 0 Å². The number of hydrogen-bond acceptors (Lipinski definition) is 3. The maximum Gasteiger partial charge on any atom is 0.145 e. The van der Waals surface area contributed by atoms with Gasteiger partial charge in [-0.3, -0.25) is 0 Å². The molecule has 0 aliphatic carbocycles. The molecule has 0 saturated heterocycles. The maximum atomic E-state index is 5.12. The second kappa shape index (κ2) is 3.56. The molecule has 58 valence electrons. The van der Waals surface area contributed by atoms with E-state index in [1.165, 1.54) is 5.71 Å². The van der Waals surface area contributed by atoms with Crippen molar-refractivity contribution >= 4 is 5.71 Å². The van der Waals surface area contributed by atoms with E-state index in [-0.39, 0.29) is 6.10 Å². The standard InChI is InChI=1S/C7H14N2O/c1-3-6-4-7(5-8-2)10-9-6/h7-8H,3-5H2,1-2H3/t7-/m0/s1. The van der Waals surface area contributed by atoms with Gasteiger partial charge in [0.25, 0.3) is 0 Å². The lowest BCUT2D eigenvalue weighted by molar-refractivity contribution is 0.0866. The number of nitrogens with one attached hydrogen (secondary N) is 1. The molecule has 1 rings (SSSR count). The quantitative estimate of drug-likeness (QED) is 0.631. The van der Waals surface area contributed by atoms with Crippen molar-refractivity contribution < 1.29 is 4.84 Å². The van der Waals surface area contributed by atoms with Crippen LogP contribution in [0.1, 0.15) is 19.8 Å². The fourth-order valence-corrected chi connectivity index (χ4v) is 1.03. The highest BCUT2D eigenvalue weighted by atomic mass is 16.6. The predicted octanol–water partition coefficient (Wildman–Crippen LogP) is 0.761. The molecular weight excluding hydrogens is 128 g/mol. The fraction of sp³-hybridized carbons (Fsp3) is 0.857. The lowest BCUT2D eigenvalue weighted by Gasteiger charge is -2.04. The van der Waals surface area contributed by atoms with Crippen molar-refractivity contribution in [3.8, 4) is 0 Å². The third kappa shape index (κ3) is 1.70. The van der Waals surface area contributed by atoms with Gasteiger partial charge in [-0.25, -0.2) is 0 Å². The Balaban J connectivity index is 2.22. The summed E-state index contributed by atoms with van der Waals surface area (Å²) in [7, 11) is 1.92. The zero-order valence-corrected chi connectivity index (χ0v) is 6.55. The molecule has 0 aromatic rings. The van der Waals surface area contributed by atoms with E-state index in [1.54, 1.807) is 0 Å². The summed E-state index contributed by atoms with van der Waals surface area (Å²) in [4.78, 5) is 5.12. The van der Waals surface area contributed by atoms with Crippen LogP contribution < -0.4 is 5.32 Å². The zero-order chi connectivity index (χ0) is 7.40. The topological polar surface area (TPSA) is 33.6 Å². The first-order valence-electron chi connectivity index (χ1n) is 3.73. The molecule has 0 unspecified atom stereocenters. The van der Waals surface area contributed by atoms with Gasteiger partial charge in [-0.15, -0.1) is 0 Å². The van der Waals surface area contributed by atoms with E-state index in [0.29, 0.717) is 0 Å². The van der Waals surface area contributed by atoms with Gasteiger partial charge in [-0.05, 0) is 13.5 Å². The summed E-state index contributed by atoms with van der Waals surface area (Å²) in [6.45, 7) is 3.00. The third-order valence-corrected chi connectivity index (χ3v) is 1.63. The average molecular weight is 142 g/mol. The van der Waals surface area contributed by atoms with Crippen molar-refractivity contribution in [3.63, 3.8) is 0 Å². The van der Waals surface area contributed by atoms with Gasteiger partial charge in [-0.1, -0.05) is 12.1 Å². The van der Waals surface area contributed by atoms with Crippen molar-refractivity contribution in [1.29, 1.82) is 0 Å². The zero-order valence-electron chi connectivity index (χ0n) is 6.55. The van der Waals surface area contributed by atoms with E-state index in [2.05, 4.69) is 17.4 Å². The first-order valence-corrected chi connectivity index (χ1v) is 3.73. The molecule has 1 aliphatic heterocycles. The van der Waals surface area contributed by atoms with Crippen molar-refractivity contribution in [2.45, 2.75) is 25.9 Å². The molecule has 0 bridgehead atoms. The van der Waals surface area contributed by atoms with Gasteiger partial charge in [0, 0.05) is 13.0 Å². The molecule has 3 heteroatoms. The molecule has 1 N–H and O–H groups in total. The number of rotatable bonds is 3. The molecule has 3 nitrogen and oxygen atoms in total. The summed E-state index contributed by atoms with van der Waals surface area (Å²) in [5, 5.41) is 6.99. The molecular formula is C7H14N2O. The highest BCUT2D eigenvalue weighted by Gasteiger charge is 2.17. The van der Waals surface area contributed by atoms with Crippen LogP contribution in [0, 0.1) is 0 Å². The third-order valence-electron chi connectivity index (χ3n) is 1.63. The second-order valence-electron chi connectivity index (χ2n) is 2.50. The normalized spacial score (nSPS) is 24.2. The molecule has 1 atom stereocenters. The smallest absolute Gasteiger partial charge is 0.145 e. The van der Waals surface area contributed by atoms with E-state index >= 15 is 0 Å². The number of hydrogen-bond donors (Lipinski definition) is 1. The lowest BCUT2D eigenvalue weighted by Crippen LogP contribution is -2.23. The minimum atomic E-state index is 0.278. The maximum absolute atomic E-state index is 5.12. The SMILES string of the molecule is CCC1=NO[C@H](CNC)C1. The fourth-order valence-electron chi connectivity index (χ4n) is 1.03. The summed E-state index contributed by atoms with van der Waals surface area (Å²) >= 11 is 0. The second-order valence-corrected chi connectivity index (χ2v) is 2.50. The van der Waals surface area contributed by atoms with Crippen molar-refractivity contribution in [2.75, 3.05) is 13.6 Å². The molecule has 0 spiro atoms. The van der Waals surface area contributed by atoms with Gasteiger partial charge in [-0.2, -0.15) is 0 Å². The van der Waals surface area contributed by atoms with Crippen LogP contribution in [0.5, 0.6) is 0 Å². The van der Waals surface area contributed by atoms with Crippen LogP contribution in [0.2, 0.25) is 0 Å². The minimum Gasteiger partial charge on any atom is -0.391 e. The Morgan fingerprint density at radius 3 is 3.10 bits per heavy atom. The van der Waals surface area contributed by atoms with Gasteiger partial charge in [0.15, 0.2) is 0 Å². The van der Waals surface area contributed by atoms with Gasteiger partial charge in [0.2, 0.25) is 0 Å². The summed E-state index contributed by atoms with van der Waals surface area (Å²) < 4.78 is 0. The predicted molar refractivity (Wildman–Crippen MR) is 41.1 cm³/mol. The molecule has 0 aromatic heterocycles. The molecule has 1 aliphatic rings. The van der Waals surface area contributed by atoms with E-state index in [9.17, 15) is 0 Å². The molecule has 0 fully saturated rings. The van der Waals surface area contributed by atoms with Crippen LogP contribution in [0.3, 0.4) is 0 Å². The van der Waals surface area contributed by atoms with Gasteiger partial charge >= 0.3 is 0 Å². The monoisotopic (exact) mass is 142 g/mol. The molecule has 1 heterocycles. The highest BCUT2D eigenvalue weighted by Crippen LogP contribution is 2.10. The summed E-state index contributed by atoms with van der Waals surface area (Å²) in [6, 6.07) is 0. The van der Waals surface area contributed by atoms with Crippen molar-refractivity contribution in [3.05, 3.63) is 0 Å². The van der Waals surface area contributed by atoms with Crippen LogP contribution in [0.25, 0.3) is 0 Å². The molecule has 10 heavy (non-hydrogen) atoms. The van der Waals surface area contributed by atoms with Crippen molar-refractivity contribution in [2.24, 2.45) is 5.16 Å². The van der Waals surface area contributed by atoms with Gasteiger partial charge < -0.3 is 10.2 Å². The van der Waals surface area contributed by atoms with Crippen molar-refractivity contribution in [1.82, 2.24) is 5.32 Å². The highest BCUT2D eigenvalue weighted by molar-refractivity contribution is 5.85. The Labute approximate surface area is 61.4 Å². The van der Waals surface area contributed by atoms with Crippen LogP contribution in [0.15, 0.2) is 5.16 Å². The van der Waals surface area contributed by atoms with Crippen LogP contribution in [-0.4, -0.2) is 25.4 Å². The lowest BCUT2D eigenvalue weighted by atomic mass is 10.1. The Morgan fingerprint density at radius 2 is 2.60 bits per heavy atom. The summed E-state index contributed by atoms with van der Waals surface area (Å²) in [5.41, 5.74) is 1.18. The van der Waals surface area contributed by atoms with Gasteiger partial charge in [0.05, 0.1) is 5.71 Å². The Bertz CT molecular complexity index is 134. The molecule has 0 aromatic carbocycles. The molecule has 0 amide bonds. The first kappa shape index (κ1) is 7.54. The number of nitrogens with zero attached hydrogens (tertiary/aromatic N) is 1. The summed E-state index contributed by atoms with van der Waals surface area (Å²) in [5.74, 6) is 0. The van der Waals surface area contributed by atoms with Crippen LogP contribution in [0.4, 0.5) is 0 Å². The Hall–Kier alpha value is -0.570. The summed E-state index contributed by atoms with van der Waals surface area (Å²) in [6.07, 6.45) is 2.29. The average Bonchev–Trinajstić information content (AvgIpc) is 2.37. The van der Waals surface area contributed by atoms with E-state index in [1.807, 2.05) is 7.05 Å². The van der Waals surface area contributed by atoms with Gasteiger partial charge in [0.1, 0.15) is 6.10 Å². The van der Waals surface area contributed by atoms with E-state index in [4.69, 9.17) is 4.84 Å². The van der Waals surface area contributed by atoms with Crippen LogP contribution in [-0.2, 0) is 4.84 Å². The largest absolute Gasteiger partial charge is 0.391 e.